The highest BCUT2D eigenvalue weighted by molar-refractivity contribution is 6.31. The molecule has 1 aliphatic rings. The Bertz CT molecular complexity index is 622. The van der Waals surface area contributed by atoms with Crippen LogP contribution in [-0.2, 0) is 0 Å². The van der Waals surface area contributed by atoms with E-state index >= 15 is 0 Å². The van der Waals surface area contributed by atoms with Gasteiger partial charge in [0.15, 0.2) is 0 Å². The zero-order chi connectivity index (χ0) is 13.4. The lowest BCUT2D eigenvalue weighted by Gasteiger charge is -2.16. The van der Waals surface area contributed by atoms with Crippen LogP contribution in [0.4, 0.5) is 0 Å². The van der Waals surface area contributed by atoms with E-state index in [0.29, 0.717) is 10.7 Å². The Morgan fingerprint density at radius 2 is 2.21 bits per heavy atom. The van der Waals surface area contributed by atoms with E-state index in [2.05, 4.69) is 10.3 Å². The number of aromatic amines is 1. The third-order valence-corrected chi connectivity index (χ3v) is 3.95. The summed E-state index contributed by atoms with van der Waals surface area (Å²) in [5.41, 5.74) is 7.42. The average Bonchev–Trinajstić information content (AvgIpc) is 2.96. The number of aromatic nitrogens is 1. The zero-order valence-corrected chi connectivity index (χ0v) is 11.2. The molecule has 1 amide bonds. The van der Waals surface area contributed by atoms with E-state index in [9.17, 15) is 4.79 Å². The van der Waals surface area contributed by atoms with Crippen LogP contribution in [0.25, 0.3) is 10.9 Å². The van der Waals surface area contributed by atoms with Gasteiger partial charge in [0.05, 0.1) is 0 Å². The van der Waals surface area contributed by atoms with E-state index < -0.39 is 0 Å². The van der Waals surface area contributed by atoms with Crippen molar-refractivity contribution in [3.63, 3.8) is 0 Å². The number of halogens is 1. The number of nitrogens with two attached hydrogens (primary N) is 1. The maximum Gasteiger partial charge on any atom is 0.268 e. The number of benzene rings is 1. The van der Waals surface area contributed by atoms with Gasteiger partial charge >= 0.3 is 0 Å². The lowest BCUT2D eigenvalue weighted by molar-refractivity contribution is 0.0930. The van der Waals surface area contributed by atoms with Crippen molar-refractivity contribution in [3.05, 3.63) is 35.0 Å². The van der Waals surface area contributed by atoms with E-state index in [1.54, 1.807) is 6.07 Å². The summed E-state index contributed by atoms with van der Waals surface area (Å²) in [6, 6.07) is 7.48. The molecule has 1 aliphatic carbocycles. The minimum absolute atomic E-state index is 0.0720. The number of rotatable bonds is 2. The molecule has 0 bridgehead atoms. The Morgan fingerprint density at radius 1 is 1.37 bits per heavy atom. The second-order valence-corrected chi connectivity index (χ2v) is 5.53. The van der Waals surface area contributed by atoms with Crippen molar-refractivity contribution >= 4 is 28.4 Å². The first-order valence-corrected chi connectivity index (χ1v) is 6.86. The van der Waals surface area contributed by atoms with Gasteiger partial charge in [0, 0.05) is 28.0 Å². The van der Waals surface area contributed by atoms with Gasteiger partial charge in [-0.3, -0.25) is 4.79 Å². The molecule has 2 aromatic rings. The number of nitrogens with one attached hydrogen (secondary N) is 2. The summed E-state index contributed by atoms with van der Waals surface area (Å²) in [6.45, 7) is 0. The molecule has 0 aliphatic heterocycles. The summed E-state index contributed by atoms with van der Waals surface area (Å²) in [5, 5.41) is 4.59. The Labute approximate surface area is 116 Å². The molecule has 0 spiro atoms. The normalized spacial score (nSPS) is 22.8. The van der Waals surface area contributed by atoms with Crippen molar-refractivity contribution in [3.8, 4) is 0 Å². The highest BCUT2D eigenvalue weighted by Crippen LogP contribution is 2.21. The summed E-state index contributed by atoms with van der Waals surface area (Å²) in [6.07, 6.45) is 3.01. The Kier molecular flexibility index (Phi) is 3.21. The van der Waals surface area contributed by atoms with Crippen LogP contribution in [0.1, 0.15) is 29.8 Å². The molecule has 4 N–H and O–H groups in total. The van der Waals surface area contributed by atoms with Gasteiger partial charge in [0.25, 0.3) is 5.91 Å². The van der Waals surface area contributed by atoms with Gasteiger partial charge in [-0.05, 0) is 43.5 Å². The highest BCUT2D eigenvalue weighted by atomic mass is 35.5. The molecule has 4 nitrogen and oxygen atoms in total. The van der Waals surface area contributed by atoms with Crippen molar-refractivity contribution in [2.24, 2.45) is 5.73 Å². The van der Waals surface area contributed by atoms with Gasteiger partial charge in [-0.15, -0.1) is 0 Å². The van der Waals surface area contributed by atoms with Crippen molar-refractivity contribution in [2.75, 3.05) is 0 Å². The van der Waals surface area contributed by atoms with Crippen molar-refractivity contribution in [1.29, 1.82) is 0 Å². The minimum Gasteiger partial charge on any atom is -0.351 e. The van der Waals surface area contributed by atoms with Crippen LogP contribution in [0, 0.1) is 0 Å². The van der Waals surface area contributed by atoms with Gasteiger partial charge in [-0.1, -0.05) is 11.6 Å². The highest BCUT2D eigenvalue weighted by Gasteiger charge is 2.26. The zero-order valence-electron chi connectivity index (χ0n) is 10.4. The molecule has 1 saturated carbocycles. The minimum atomic E-state index is -0.102. The number of amides is 1. The second-order valence-electron chi connectivity index (χ2n) is 5.09. The summed E-state index contributed by atoms with van der Waals surface area (Å²) in [4.78, 5) is 15.3. The van der Waals surface area contributed by atoms with Crippen LogP contribution in [0.2, 0.25) is 5.02 Å². The largest absolute Gasteiger partial charge is 0.351 e. The first kappa shape index (κ1) is 12.5. The summed E-state index contributed by atoms with van der Waals surface area (Å²) >= 11 is 5.93. The number of hydrogen-bond donors (Lipinski definition) is 3. The van der Waals surface area contributed by atoms with Crippen molar-refractivity contribution in [1.82, 2.24) is 10.3 Å². The predicted octanol–water partition coefficient (Wildman–Crippen LogP) is 2.43. The van der Waals surface area contributed by atoms with Gasteiger partial charge in [-0.2, -0.15) is 0 Å². The molecule has 5 heteroatoms. The van der Waals surface area contributed by atoms with Crippen LogP contribution in [0.15, 0.2) is 24.3 Å². The van der Waals surface area contributed by atoms with Crippen LogP contribution >= 0.6 is 11.6 Å². The Balaban J connectivity index is 1.81. The third kappa shape index (κ3) is 2.46. The molecular weight excluding hydrogens is 262 g/mol. The van der Waals surface area contributed by atoms with Gasteiger partial charge < -0.3 is 16.0 Å². The van der Waals surface area contributed by atoms with Crippen LogP contribution < -0.4 is 11.1 Å². The number of carbonyl (C=O) groups is 1. The van der Waals surface area contributed by atoms with Gasteiger partial charge in [0.1, 0.15) is 5.69 Å². The van der Waals surface area contributed by atoms with Crippen LogP contribution in [0.5, 0.6) is 0 Å². The van der Waals surface area contributed by atoms with E-state index in [4.69, 9.17) is 17.3 Å². The number of fused-ring (bicyclic) bond motifs is 1. The molecule has 0 radical (unpaired) electrons. The average molecular weight is 278 g/mol. The second kappa shape index (κ2) is 4.87. The lowest BCUT2D eigenvalue weighted by Crippen LogP contribution is -2.44. The third-order valence-electron chi connectivity index (χ3n) is 3.71. The van der Waals surface area contributed by atoms with E-state index in [1.165, 1.54) is 0 Å². The van der Waals surface area contributed by atoms with Crippen molar-refractivity contribution in [2.45, 2.75) is 31.3 Å². The summed E-state index contributed by atoms with van der Waals surface area (Å²) in [5.74, 6) is -0.102. The quantitative estimate of drug-likeness (QED) is 0.789. The fourth-order valence-electron chi connectivity index (χ4n) is 2.64. The first-order valence-electron chi connectivity index (χ1n) is 6.48. The summed E-state index contributed by atoms with van der Waals surface area (Å²) in [7, 11) is 0. The topological polar surface area (TPSA) is 70.9 Å². The summed E-state index contributed by atoms with van der Waals surface area (Å²) < 4.78 is 0. The van der Waals surface area contributed by atoms with E-state index in [0.717, 1.165) is 30.2 Å². The number of H-pyrrole nitrogens is 1. The first-order chi connectivity index (χ1) is 9.13. The predicted molar refractivity (Wildman–Crippen MR) is 76.4 cm³/mol. The molecule has 100 valence electrons. The molecule has 0 unspecified atom stereocenters. The standard InChI is InChI=1S/C14H16ClN3O/c15-9-4-5-11-8(6-9)7-13(17-11)14(19)18-12-3-1-2-10(12)16/h4-7,10,12,17H,1-3,16H2,(H,18,19)/t10-,12-/m0/s1. The number of carbonyl (C=O) groups excluding carboxylic acids is 1. The smallest absolute Gasteiger partial charge is 0.268 e. The molecule has 0 saturated heterocycles. The fraction of sp³-hybridized carbons (Fsp3) is 0.357. The molecule has 2 atom stereocenters. The molecule has 1 heterocycles. The lowest BCUT2D eigenvalue weighted by atomic mass is 10.2. The Morgan fingerprint density at radius 3 is 2.95 bits per heavy atom. The molecule has 1 aromatic heterocycles. The maximum absolute atomic E-state index is 12.2. The molecular formula is C14H16ClN3O. The van der Waals surface area contributed by atoms with Crippen molar-refractivity contribution < 1.29 is 4.79 Å². The molecule has 1 fully saturated rings. The molecule has 1 aromatic carbocycles. The van der Waals surface area contributed by atoms with E-state index in [1.807, 2.05) is 18.2 Å². The van der Waals surface area contributed by atoms with Gasteiger partial charge in [0.2, 0.25) is 0 Å². The monoisotopic (exact) mass is 277 g/mol. The Hall–Kier alpha value is -1.52. The number of hydrogen-bond acceptors (Lipinski definition) is 2. The molecule has 3 rings (SSSR count). The van der Waals surface area contributed by atoms with Crippen LogP contribution in [0.3, 0.4) is 0 Å². The molecule has 19 heavy (non-hydrogen) atoms. The maximum atomic E-state index is 12.2. The van der Waals surface area contributed by atoms with Crippen LogP contribution in [-0.4, -0.2) is 23.0 Å². The SMILES string of the molecule is N[C@H]1CCC[C@@H]1NC(=O)c1cc2cc(Cl)ccc2[nH]1. The van der Waals surface area contributed by atoms with E-state index in [-0.39, 0.29) is 18.0 Å². The fourth-order valence-corrected chi connectivity index (χ4v) is 2.82. The van der Waals surface area contributed by atoms with Gasteiger partial charge in [-0.25, -0.2) is 0 Å².